The summed E-state index contributed by atoms with van der Waals surface area (Å²) in [5, 5.41) is 49.1. The molecule has 6 heterocycles. The first-order valence-electron chi connectivity index (χ1n) is 32.7. The number of aliphatic hydroxyl groups is 3. The Morgan fingerprint density at radius 3 is 1.95 bits per heavy atom. The normalized spacial score (nSPS) is 21.6. The van der Waals surface area contributed by atoms with Crippen LogP contribution in [0, 0.1) is 11.3 Å². The van der Waals surface area contributed by atoms with Gasteiger partial charge < -0.3 is 69.3 Å². The maximum atomic E-state index is 14.1. The molecule has 11 rings (SSSR count). The summed E-state index contributed by atoms with van der Waals surface area (Å²) < 4.78 is 34.1. The first-order valence-corrected chi connectivity index (χ1v) is 32.7. The van der Waals surface area contributed by atoms with E-state index in [-0.39, 0.29) is 97.3 Å². The highest BCUT2D eigenvalue weighted by molar-refractivity contribution is 6.07. The number of fused-ring (bicyclic) bond motifs is 4. The Balaban J connectivity index is 0.642. The van der Waals surface area contributed by atoms with Crippen LogP contribution in [-0.4, -0.2) is 171 Å². The van der Waals surface area contributed by atoms with Crippen LogP contribution in [0.4, 0.5) is 27.5 Å². The van der Waals surface area contributed by atoms with Gasteiger partial charge in [0.25, 0.3) is 11.8 Å². The van der Waals surface area contributed by atoms with E-state index in [1.54, 1.807) is 90.1 Å². The number of carbonyl (C=O) groups excluding carboxylic acids is 7. The number of nitrogens with one attached hydrogen (secondary N) is 3. The quantitative estimate of drug-likeness (QED) is 0.0192. The molecule has 0 aliphatic carbocycles. The van der Waals surface area contributed by atoms with Crippen molar-refractivity contribution in [2.45, 2.75) is 134 Å². The van der Waals surface area contributed by atoms with Crippen molar-refractivity contribution in [1.82, 2.24) is 20.0 Å². The van der Waals surface area contributed by atoms with Crippen molar-refractivity contribution >= 4 is 93.8 Å². The van der Waals surface area contributed by atoms with E-state index in [9.17, 15) is 58.8 Å². The fourth-order valence-corrected chi connectivity index (χ4v) is 12.3. The van der Waals surface area contributed by atoms with Crippen molar-refractivity contribution in [2.75, 3.05) is 44.0 Å². The second-order valence-corrected chi connectivity index (χ2v) is 25.4. The molecule has 0 spiro atoms. The molecule has 5 aromatic carbocycles. The van der Waals surface area contributed by atoms with Crippen molar-refractivity contribution in [3.05, 3.63) is 143 Å². The minimum absolute atomic E-state index is 0.0499. The molecular formula is C72H78N8O18. The number of amides is 7. The molecule has 0 saturated carbocycles. The van der Waals surface area contributed by atoms with Gasteiger partial charge in [-0.15, -0.1) is 0 Å². The van der Waals surface area contributed by atoms with Crippen molar-refractivity contribution in [1.29, 1.82) is 0 Å². The first kappa shape index (κ1) is 69.1. The summed E-state index contributed by atoms with van der Waals surface area (Å²) in [7, 11) is 1.62. The summed E-state index contributed by atoms with van der Waals surface area (Å²) in [6.45, 7) is 6.47. The molecule has 5 aromatic rings. The van der Waals surface area contributed by atoms with Gasteiger partial charge in [0, 0.05) is 94.3 Å². The van der Waals surface area contributed by atoms with Gasteiger partial charge in [-0.1, -0.05) is 63.9 Å². The highest BCUT2D eigenvalue weighted by Gasteiger charge is 2.49. The van der Waals surface area contributed by atoms with Crippen LogP contribution >= 0.6 is 0 Å². The second kappa shape index (κ2) is 30.4. The number of carboxylic acid groups (broad SMARTS) is 1. The molecule has 2 saturated heterocycles. The van der Waals surface area contributed by atoms with Gasteiger partial charge in [-0.3, -0.25) is 49.0 Å². The standard InChI is InChI=1S/C72H78N8O18/c1-5-72(2,3)54-35-61(83)78(68(54)89)26-8-6-7-13-59(81)73-25-24-60(82)77-57-29-41(14-23-58(57)97-70-64(86)62(84)63(85)65(98-70)69(90)91)40-96-71(92)76-46-12-9-11-43(30-46)45-32-48-37-75-56-34-51(20-22-53(56)67(88)80(48)39-45)95-28-10-27-94-50-19-21-52-55(33-50)74-36-47-31-44(38-79(47)66(52)87)42-15-17-49(93-4)18-16-42/h9,11-12,14-23,29-30,33-34,36-39,47-48,54,62-65,70,84-86H,5-8,10,13,24-28,31-32,35,40H2,1-4H3,(H,73,81)(H,76,92)(H,77,82)(H,90,91)/t47-,48-,54?,62?,63-,64?,65?,70+/m0/s1. The van der Waals surface area contributed by atoms with Gasteiger partial charge >= 0.3 is 12.1 Å². The van der Waals surface area contributed by atoms with Gasteiger partial charge in [0.1, 0.15) is 47.9 Å². The topological polar surface area (TPSA) is 343 Å². The third-order valence-electron chi connectivity index (χ3n) is 18.4. The predicted octanol–water partition coefficient (Wildman–Crippen LogP) is 8.32. The molecule has 98 heavy (non-hydrogen) atoms. The number of carboxylic acids is 1. The van der Waals surface area contributed by atoms with Crippen LogP contribution < -0.4 is 34.9 Å². The van der Waals surface area contributed by atoms with E-state index in [4.69, 9.17) is 33.4 Å². The number of ether oxygens (including phenoxy) is 6. The summed E-state index contributed by atoms with van der Waals surface area (Å²) in [6, 6.07) is 28.7. The Morgan fingerprint density at radius 1 is 0.673 bits per heavy atom. The molecule has 6 aliphatic rings. The molecule has 8 atom stereocenters. The average molecular weight is 1340 g/mol. The molecule has 7 amide bonds. The number of aliphatic imine (C=N–C) groups is 2. The van der Waals surface area contributed by atoms with Crippen molar-refractivity contribution in [3.8, 4) is 23.0 Å². The maximum absolute atomic E-state index is 14.1. The monoisotopic (exact) mass is 1340 g/mol. The minimum atomic E-state index is -1.99. The third kappa shape index (κ3) is 15.9. The number of aliphatic carboxylic acids is 1. The Hall–Kier alpha value is -10.3. The maximum Gasteiger partial charge on any atom is 0.411 e. The minimum Gasteiger partial charge on any atom is -0.497 e. The van der Waals surface area contributed by atoms with E-state index in [0.29, 0.717) is 97.0 Å². The van der Waals surface area contributed by atoms with Gasteiger partial charge in [0.2, 0.25) is 29.9 Å². The second-order valence-electron chi connectivity index (χ2n) is 25.4. The third-order valence-corrected chi connectivity index (χ3v) is 18.4. The fourth-order valence-electron chi connectivity index (χ4n) is 12.3. The molecule has 4 unspecified atom stereocenters. The van der Waals surface area contributed by atoms with Crippen LogP contribution in [-0.2, 0) is 40.1 Å². The lowest BCUT2D eigenvalue weighted by Crippen LogP contribution is -2.61. The lowest BCUT2D eigenvalue weighted by molar-refractivity contribution is -0.271. The predicted molar refractivity (Wildman–Crippen MR) is 358 cm³/mol. The van der Waals surface area contributed by atoms with Gasteiger partial charge in [-0.05, 0) is 107 Å². The molecule has 0 bridgehead atoms. The number of hydrogen-bond acceptors (Lipinski definition) is 19. The van der Waals surface area contributed by atoms with Crippen molar-refractivity contribution < 1.29 is 87.2 Å². The Kier molecular flexibility index (Phi) is 21.4. The lowest BCUT2D eigenvalue weighted by Gasteiger charge is -2.38. The summed E-state index contributed by atoms with van der Waals surface area (Å²) >= 11 is 0. The number of likely N-dealkylation sites (tertiary alicyclic amines) is 1. The molecule has 514 valence electrons. The number of nitrogens with zero attached hydrogens (tertiary/aromatic N) is 5. The van der Waals surface area contributed by atoms with Crippen LogP contribution in [0.2, 0.25) is 0 Å². The number of methoxy groups -OCH3 is 1. The molecule has 0 aromatic heterocycles. The van der Waals surface area contributed by atoms with E-state index in [1.807, 2.05) is 57.3 Å². The number of carbonyl (C=O) groups is 8. The van der Waals surface area contributed by atoms with Crippen LogP contribution in [0.25, 0.3) is 11.1 Å². The van der Waals surface area contributed by atoms with Gasteiger partial charge in [0.15, 0.2) is 6.10 Å². The van der Waals surface area contributed by atoms with Crippen LogP contribution in [0.1, 0.15) is 122 Å². The SMILES string of the molecule is CCC(C)(C)C1CC(=O)N(CCCCCC(=O)NCCC(=O)Nc2cc(COC(=O)Nc3cccc(C4=CN5C(=O)c6ccc(OCCCOc7ccc8c(c7)N=C[C@@H]7CC(c9ccc(OC)cc9)=CN7C8=O)cc6N=C[C@@H]5C4)c3)ccc2O[C@@H]2OC(C(=O)O)[C@@H](O)C(O)C2O)C1=O. The largest absolute Gasteiger partial charge is 0.497 e. The van der Waals surface area contributed by atoms with E-state index < -0.39 is 54.7 Å². The summed E-state index contributed by atoms with van der Waals surface area (Å²) in [5.41, 5.74) is 5.82. The fraction of sp³-hybridized carbons (Fsp3) is 0.389. The van der Waals surface area contributed by atoms with Crippen LogP contribution in [0.3, 0.4) is 0 Å². The highest BCUT2D eigenvalue weighted by Crippen LogP contribution is 2.41. The Labute approximate surface area is 564 Å². The van der Waals surface area contributed by atoms with Crippen molar-refractivity contribution in [3.63, 3.8) is 0 Å². The zero-order valence-corrected chi connectivity index (χ0v) is 54.6. The first-order chi connectivity index (χ1) is 47.1. The lowest BCUT2D eigenvalue weighted by atomic mass is 9.76. The molecule has 7 N–H and O–H groups in total. The van der Waals surface area contributed by atoms with Crippen molar-refractivity contribution in [2.24, 2.45) is 21.3 Å². The number of anilines is 2. The zero-order chi connectivity index (χ0) is 69.4. The smallest absolute Gasteiger partial charge is 0.411 e. The number of benzene rings is 5. The molecule has 0 radical (unpaired) electrons. The number of hydrogen-bond donors (Lipinski definition) is 7. The Bertz CT molecular complexity index is 4020. The van der Waals surface area contributed by atoms with E-state index in [0.717, 1.165) is 34.4 Å². The van der Waals surface area contributed by atoms with Gasteiger partial charge in [-0.2, -0.15) is 0 Å². The number of imide groups is 1. The van der Waals surface area contributed by atoms with E-state index >= 15 is 0 Å². The summed E-state index contributed by atoms with van der Waals surface area (Å²) in [4.78, 5) is 119. The molecule has 2 fully saturated rings. The number of aliphatic hydroxyl groups excluding tert-OH is 3. The number of rotatable bonds is 27. The Morgan fingerprint density at radius 2 is 1.32 bits per heavy atom. The number of unbranched alkanes of at least 4 members (excludes halogenated alkanes) is 2. The van der Waals surface area contributed by atoms with Crippen LogP contribution in [0.15, 0.2) is 126 Å². The zero-order valence-electron chi connectivity index (χ0n) is 54.6. The highest BCUT2D eigenvalue weighted by atomic mass is 16.7. The summed E-state index contributed by atoms with van der Waals surface area (Å²) in [6.07, 6.45) is 0.672. The van der Waals surface area contributed by atoms with E-state index in [1.165, 1.54) is 23.1 Å². The van der Waals surface area contributed by atoms with Gasteiger partial charge in [-0.25, -0.2) is 9.59 Å². The molecule has 6 aliphatic heterocycles. The van der Waals surface area contributed by atoms with Gasteiger partial charge in [0.05, 0.1) is 66.5 Å². The van der Waals surface area contributed by atoms with E-state index in [2.05, 4.69) is 20.9 Å². The van der Waals surface area contributed by atoms with Crippen LogP contribution in [0.5, 0.6) is 23.0 Å². The average Bonchev–Trinajstić information content (AvgIpc) is 1.64. The molecule has 26 heteroatoms. The molecule has 26 nitrogen and oxygen atoms in total. The molecular weight excluding hydrogens is 1260 g/mol. The summed E-state index contributed by atoms with van der Waals surface area (Å²) in [5.74, 6) is -1.96.